The van der Waals surface area contributed by atoms with Gasteiger partial charge in [0.1, 0.15) is 0 Å². The molecular formula is C27H34F3N5O4. The molecule has 2 aromatic rings. The van der Waals surface area contributed by atoms with Gasteiger partial charge in [0.2, 0.25) is 11.8 Å². The summed E-state index contributed by atoms with van der Waals surface area (Å²) in [7, 11) is 0. The number of nitrogens with zero attached hydrogens (tertiary/aromatic N) is 5. The number of alkyl halides is 3. The summed E-state index contributed by atoms with van der Waals surface area (Å²) in [5.41, 5.74) is 1.60. The van der Waals surface area contributed by atoms with E-state index in [1.165, 1.54) is 0 Å². The highest BCUT2D eigenvalue weighted by molar-refractivity contribution is 5.87. The third-order valence-corrected chi connectivity index (χ3v) is 7.73. The van der Waals surface area contributed by atoms with Crippen LogP contribution in [0.25, 0.3) is 0 Å². The maximum absolute atomic E-state index is 14.1. The molecule has 2 atom stereocenters. The number of amides is 2. The number of piperidine rings is 1. The van der Waals surface area contributed by atoms with Crippen LogP contribution in [0, 0.1) is 11.3 Å². The maximum atomic E-state index is 14.1. The van der Waals surface area contributed by atoms with Gasteiger partial charge >= 0.3 is 12.1 Å². The van der Waals surface area contributed by atoms with E-state index < -0.39 is 17.6 Å². The Bertz CT molecular complexity index is 1180. The third-order valence-electron chi connectivity index (χ3n) is 7.73. The van der Waals surface area contributed by atoms with Crippen LogP contribution in [0.4, 0.5) is 13.2 Å². The molecule has 2 aliphatic heterocycles. The van der Waals surface area contributed by atoms with Gasteiger partial charge in [0.25, 0.3) is 0 Å². The number of aromatic nitrogens is 3. The highest BCUT2D eigenvalue weighted by atomic mass is 19.4. The summed E-state index contributed by atoms with van der Waals surface area (Å²) in [6.45, 7) is 6.72. The number of likely N-dealkylation sites (tertiary alicyclic amines) is 2. The second kappa shape index (κ2) is 11.4. The molecule has 0 unspecified atom stereocenters. The molecule has 9 nitrogen and oxygen atoms in total. The van der Waals surface area contributed by atoms with Gasteiger partial charge in [-0.25, -0.2) is 4.79 Å². The number of carbonyl (C=O) groups excluding carboxylic acids is 2. The fourth-order valence-electron chi connectivity index (χ4n) is 5.65. The van der Waals surface area contributed by atoms with Crippen molar-refractivity contribution >= 4 is 17.8 Å². The summed E-state index contributed by atoms with van der Waals surface area (Å²) < 4.78 is 33.8. The first kappa shape index (κ1) is 28.6. The Kier molecular flexibility index (Phi) is 8.31. The average molecular weight is 550 g/mol. The molecule has 39 heavy (non-hydrogen) atoms. The molecule has 1 aliphatic carbocycles. The highest BCUT2D eigenvalue weighted by Crippen LogP contribution is 2.50. The number of pyridine rings is 1. The molecule has 5 rings (SSSR count). The highest BCUT2D eigenvalue weighted by Gasteiger charge is 2.57. The number of hydrogen-bond acceptors (Lipinski definition) is 5. The molecule has 12 heteroatoms. The van der Waals surface area contributed by atoms with Crippen molar-refractivity contribution in [3.8, 4) is 0 Å². The molecule has 1 N–H and O–H groups in total. The third kappa shape index (κ3) is 6.42. The average Bonchev–Trinajstić information content (AvgIpc) is 3.41. The van der Waals surface area contributed by atoms with Crippen LogP contribution in [0.2, 0.25) is 0 Å². The van der Waals surface area contributed by atoms with Crippen molar-refractivity contribution in [1.29, 1.82) is 0 Å². The number of carboxylic acid groups (broad SMARTS) is 1. The molecule has 212 valence electrons. The van der Waals surface area contributed by atoms with Crippen LogP contribution in [0.15, 0.2) is 36.8 Å². The van der Waals surface area contributed by atoms with Crippen LogP contribution >= 0.6 is 0 Å². The van der Waals surface area contributed by atoms with Gasteiger partial charge < -0.3 is 14.9 Å². The van der Waals surface area contributed by atoms with Gasteiger partial charge in [-0.05, 0) is 69.2 Å². The number of carboxylic acids is 1. The number of halogens is 3. The predicted octanol–water partition coefficient (Wildman–Crippen LogP) is 4.03. The lowest BCUT2D eigenvalue weighted by Crippen LogP contribution is -2.52. The molecule has 2 aromatic heterocycles. The van der Waals surface area contributed by atoms with Crippen LogP contribution in [0.1, 0.15) is 69.2 Å². The number of rotatable bonds is 6. The SMILES string of the molecule is CC(C)n1nccc1[C@@H]1CN(C(=O)CC2CC2)C[C@]12CCCN(Cc1ccncc1)C2=O.O=C(O)C(F)(F)F. The van der Waals surface area contributed by atoms with Crippen LogP contribution in [0.5, 0.6) is 0 Å². The van der Waals surface area contributed by atoms with E-state index in [2.05, 4.69) is 30.0 Å². The van der Waals surface area contributed by atoms with E-state index >= 15 is 0 Å². The summed E-state index contributed by atoms with van der Waals surface area (Å²) >= 11 is 0. The van der Waals surface area contributed by atoms with E-state index in [-0.39, 0.29) is 23.8 Å². The van der Waals surface area contributed by atoms with E-state index in [1.807, 2.05) is 32.8 Å². The first-order valence-electron chi connectivity index (χ1n) is 13.2. The number of aliphatic carboxylic acids is 1. The topological polar surface area (TPSA) is 109 Å². The zero-order valence-electron chi connectivity index (χ0n) is 22.1. The molecule has 0 radical (unpaired) electrons. The molecule has 1 saturated carbocycles. The second-order valence-corrected chi connectivity index (χ2v) is 10.9. The van der Waals surface area contributed by atoms with Crippen LogP contribution in [-0.4, -0.2) is 73.3 Å². The summed E-state index contributed by atoms with van der Waals surface area (Å²) in [4.78, 5) is 44.2. The summed E-state index contributed by atoms with van der Waals surface area (Å²) in [6, 6.07) is 6.20. The van der Waals surface area contributed by atoms with Crippen molar-refractivity contribution in [3.63, 3.8) is 0 Å². The van der Waals surface area contributed by atoms with Crippen molar-refractivity contribution < 1.29 is 32.7 Å². The van der Waals surface area contributed by atoms with Crippen LogP contribution in [-0.2, 0) is 20.9 Å². The molecule has 3 fully saturated rings. The van der Waals surface area contributed by atoms with Crippen molar-refractivity contribution in [2.75, 3.05) is 19.6 Å². The lowest BCUT2D eigenvalue weighted by molar-refractivity contribution is -0.192. The fraction of sp³-hybridized carbons (Fsp3) is 0.593. The standard InChI is InChI=1S/C25H33N5O2.C2HF3O2/c1-18(2)30-22(8-12-27-30)21-16-29(23(31)14-19-4-5-19)17-25(21)9-3-13-28(24(25)32)15-20-6-10-26-11-7-20;3-2(4,5)1(6)7/h6-8,10-12,18-19,21H,3-5,9,13-17H2,1-2H3;(H,6,7)/t21-,25+;/m0./s1. The maximum Gasteiger partial charge on any atom is 0.490 e. The van der Waals surface area contributed by atoms with Crippen molar-refractivity contribution in [2.45, 2.75) is 70.6 Å². The molecule has 0 aromatic carbocycles. The first-order valence-corrected chi connectivity index (χ1v) is 13.2. The predicted molar refractivity (Wildman–Crippen MR) is 134 cm³/mol. The minimum absolute atomic E-state index is 0.0247. The Morgan fingerprint density at radius 3 is 2.41 bits per heavy atom. The largest absolute Gasteiger partial charge is 0.490 e. The molecule has 2 saturated heterocycles. The minimum Gasteiger partial charge on any atom is -0.475 e. The Balaban J connectivity index is 0.000000448. The second-order valence-electron chi connectivity index (χ2n) is 10.9. The monoisotopic (exact) mass is 549 g/mol. The van der Waals surface area contributed by atoms with Gasteiger partial charge in [-0.3, -0.25) is 19.3 Å². The van der Waals surface area contributed by atoms with Crippen LogP contribution < -0.4 is 0 Å². The van der Waals surface area contributed by atoms with E-state index in [0.717, 1.165) is 43.5 Å². The lowest BCUT2D eigenvalue weighted by Gasteiger charge is -2.42. The van der Waals surface area contributed by atoms with Gasteiger partial charge in [0.15, 0.2) is 0 Å². The molecule has 3 aliphatic rings. The Hall–Kier alpha value is -3.44. The van der Waals surface area contributed by atoms with E-state index in [9.17, 15) is 22.8 Å². The van der Waals surface area contributed by atoms with E-state index in [4.69, 9.17) is 9.90 Å². The minimum atomic E-state index is -5.08. The van der Waals surface area contributed by atoms with Crippen molar-refractivity contribution in [1.82, 2.24) is 24.6 Å². The zero-order valence-corrected chi connectivity index (χ0v) is 22.1. The zero-order chi connectivity index (χ0) is 28.4. The molecule has 0 bridgehead atoms. The first-order chi connectivity index (χ1) is 18.4. The van der Waals surface area contributed by atoms with Gasteiger partial charge in [0.05, 0.1) is 5.41 Å². The van der Waals surface area contributed by atoms with Gasteiger partial charge in [-0.1, -0.05) is 0 Å². The van der Waals surface area contributed by atoms with Crippen molar-refractivity contribution in [2.24, 2.45) is 11.3 Å². The van der Waals surface area contributed by atoms with Gasteiger partial charge in [-0.15, -0.1) is 0 Å². The number of carbonyl (C=O) groups is 3. The molecule has 4 heterocycles. The number of hydrogen-bond donors (Lipinski definition) is 1. The lowest BCUT2D eigenvalue weighted by atomic mass is 9.70. The molecule has 1 spiro atoms. The Morgan fingerprint density at radius 1 is 1.15 bits per heavy atom. The Labute approximate surface area is 225 Å². The normalized spacial score (nSPS) is 23.2. The fourth-order valence-corrected chi connectivity index (χ4v) is 5.65. The van der Waals surface area contributed by atoms with Gasteiger partial charge in [-0.2, -0.15) is 18.3 Å². The molecule has 2 amide bonds. The summed E-state index contributed by atoms with van der Waals surface area (Å²) in [5.74, 6) is -1.84. The van der Waals surface area contributed by atoms with Crippen LogP contribution in [0.3, 0.4) is 0 Å². The molecular weight excluding hydrogens is 515 g/mol. The van der Waals surface area contributed by atoms with Gasteiger partial charge in [0, 0.05) is 68.8 Å². The smallest absolute Gasteiger partial charge is 0.475 e. The van der Waals surface area contributed by atoms with Crippen molar-refractivity contribution in [3.05, 3.63) is 48.0 Å². The quantitative estimate of drug-likeness (QED) is 0.583. The summed E-state index contributed by atoms with van der Waals surface area (Å²) in [5, 5.41) is 11.7. The summed E-state index contributed by atoms with van der Waals surface area (Å²) in [6.07, 6.45) is 5.02. The Morgan fingerprint density at radius 2 is 1.82 bits per heavy atom. The van der Waals surface area contributed by atoms with E-state index in [0.29, 0.717) is 32.0 Å². The van der Waals surface area contributed by atoms with E-state index in [1.54, 1.807) is 12.4 Å².